The molecule has 0 unspecified atom stereocenters. The van der Waals surface area contributed by atoms with Crippen LogP contribution in [0.4, 0.5) is 17.3 Å². The summed E-state index contributed by atoms with van der Waals surface area (Å²) in [5, 5.41) is 7.61. The van der Waals surface area contributed by atoms with E-state index in [0.717, 1.165) is 40.7 Å². The Balaban J connectivity index is 2.46. The SMILES string of the molecule is CCc1nc(NC)c(C)c(Nc2cc(Cl)c(C)cc2Cl)n1. The van der Waals surface area contributed by atoms with Crippen molar-refractivity contribution in [3.63, 3.8) is 0 Å². The van der Waals surface area contributed by atoms with Gasteiger partial charge >= 0.3 is 0 Å². The van der Waals surface area contributed by atoms with Crippen molar-refractivity contribution in [2.45, 2.75) is 27.2 Å². The van der Waals surface area contributed by atoms with Gasteiger partial charge in [-0.15, -0.1) is 0 Å². The van der Waals surface area contributed by atoms with Gasteiger partial charge in [-0.25, -0.2) is 9.97 Å². The molecule has 2 rings (SSSR count). The number of benzene rings is 1. The number of aryl methyl sites for hydroxylation is 2. The fraction of sp³-hybridized carbons (Fsp3) is 0.333. The van der Waals surface area contributed by atoms with Gasteiger partial charge in [-0.05, 0) is 31.5 Å². The molecule has 1 heterocycles. The van der Waals surface area contributed by atoms with E-state index in [2.05, 4.69) is 20.6 Å². The topological polar surface area (TPSA) is 49.8 Å². The standard InChI is InChI=1S/C15H18Cl2N4/c1-5-13-20-14(18-4)9(3)15(21-13)19-12-7-10(16)8(2)6-11(12)17/h6-7H,5H2,1-4H3,(H2,18,19,20,21). The Morgan fingerprint density at radius 3 is 2.33 bits per heavy atom. The highest BCUT2D eigenvalue weighted by molar-refractivity contribution is 6.35. The van der Waals surface area contributed by atoms with Gasteiger partial charge < -0.3 is 10.6 Å². The molecule has 0 atom stereocenters. The van der Waals surface area contributed by atoms with Crippen LogP contribution < -0.4 is 10.6 Å². The van der Waals surface area contributed by atoms with E-state index in [-0.39, 0.29) is 0 Å². The summed E-state index contributed by atoms with van der Waals surface area (Å²) in [6.45, 7) is 5.89. The number of aromatic nitrogens is 2. The highest BCUT2D eigenvalue weighted by Crippen LogP contribution is 2.32. The molecule has 0 spiro atoms. The van der Waals surface area contributed by atoms with Gasteiger partial charge in [0.2, 0.25) is 0 Å². The van der Waals surface area contributed by atoms with Gasteiger partial charge in [-0.3, -0.25) is 0 Å². The van der Waals surface area contributed by atoms with Crippen molar-refractivity contribution >= 4 is 40.5 Å². The molecule has 0 aliphatic carbocycles. The molecule has 4 nitrogen and oxygen atoms in total. The van der Waals surface area contributed by atoms with E-state index in [0.29, 0.717) is 10.0 Å². The zero-order chi connectivity index (χ0) is 15.6. The molecule has 0 radical (unpaired) electrons. The van der Waals surface area contributed by atoms with Crippen molar-refractivity contribution in [3.8, 4) is 0 Å². The lowest BCUT2D eigenvalue weighted by atomic mass is 10.2. The van der Waals surface area contributed by atoms with Gasteiger partial charge in [0.15, 0.2) is 0 Å². The first kappa shape index (κ1) is 15.9. The minimum absolute atomic E-state index is 0.610. The molecule has 1 aromatic carbocycles. The lowest BCUT2D eigenvalue weighted by molar-refractivity contribution is 0.935. The van der Waals surface area contributed by atoms with E-state index >= 15 is 0 Å². The van der Waals surface area contributed by atoms with Crippen LogP contribution in [-0.4, -0.2) is 17.0 Å². The molecule has 112 valence electrons. The third-order valence-corrected chi connectivity index (χ3v) is 3.97. The molecule has 0 fully saturated rings. The molecule has 2 N–H and O–H groups in total. The maximum absolute atomic E-state index is 6.27. The second-order valence-electron chi connectivity index (χ2n) is 4.77. The number of nitrogens with zero attached hydrogens (tertiary/aromatic N) is 2. The minimum atomic E-state index is 0.610. The first-order valence-corrected chi connectivity index (χ1v) is 7.49. The van der Waals surface area contributed by atoms with Gasteiger partial charge in [-0.1, -0.05) is 30.1 Å². The fourth-order valence-electron chi connectivity index (χ4n) is 1.96. The molecule has 1 aromatic heterocycles. The van der Waals surface area contributed by atoms with Gasteiger partial charge in [0.05, 0.1) is 10.7 Å². The highest BCUT2D eigenvalue weighted by atomic mass is 35.5. The van der Waals surface area contributed by atoms with E-state index in [1.165, 1.54) is 0 Å². The van der Waals surface area contributed by atoms with Crippen LogP contribution in [0.2, 0.25) is 10.0 Å². The summed E-state index contributed by atoms with van der Waals surface area (Å²) in [5.74, 6) is 2.30. The largest absolute Gasteiger partial charge is 0.373 e. The zero-order valence-corrected chi connectivity index (χ0v) is 14.0. The van der Waals surface area contributed by atoms with Gasteiger partial charge in [0, 0.05) is 24.1 Å². The van der Waals surface area contributed by atoms with Crippen LogP contribution in [-0.2, 0) is 6.42 Å². The van der Waals surface area contributed by atoms with Crippen LogP contribution in [0, 0.1) is 13.8 Å². The van der Waals surface area contributed by atoms with Crippen LogP contribution in [0.15, 0.2) is 12.1 Å². The first-order valence-electron chi connectivity index (χ1n) is 6.74. The fourth-order valence-corrected chi connectivity index (χ4v) is 2.38. The summed E-state index contributed by atoms with van der Waals surface area (Å²) in [6.07, 6.45) is 0.756. The van der Waals surface area contributed by atoms with Crippen LogP contribution >= 0.6 is 23.2 Å². The number of rotatable bonds is 4. The Morgan fingerprint density at radius 1 is 1.05 bits per heavy atom. The average Bonchev–Trinajstić information content (AvgIpc) is 2.46. The van der Waals surface area contributed by atoms with Crippen LogP contribution in [0.5, 0.6) is 0 Å². The van der Waals surface area contributed by atoms with Crippen molar-refractivity contribution in [1.29, 1.82) is 0 Å². The second kappa shape index (κ2) is 6.50. The third kappa shape index (κ3) is 3.39. The molecule has 0 bridgehead atoms. The van der Waals surface area contributed by atoms with E-state index in [9.17, 15) is 0 Å². The zero-order valence-electron chi connectivity index (χ0n) is 12.5. The van der Waals surface area contributed by atoms with Crippen LogP contribution in [0.1, 0.15) is 23.9 Å². The van der Waals surface area contributed by atoms with E-state index in [4.69, 9.17) is 23.2 Å². The predicted octanol–water partition coefficient (Wildman–Crippen LogP) is 4.75. The molecule has 0 aliphatic heterocycles. The third-order valence-electron chi connectivity index (χ3n) is 3.25. The lowest BCUT2D eigenvalue weighted by Gasteiger charge is -2.15. The maximum atomic E-state index is 6.27. The maximum Gasteiger partial charge on any atom is 0.139 e. The molecular formula is C15H18Cl2N4. The quantitative estimate of drug-likeness (QED) is 0.852. The smallest absolute Gasteiger partial charge is 0.139 e. The van der Waals surface area contributed by atoms with E-state index < -0.39 is 0 Å². The predicted molar refractivity (Wildman–Crippen MR) is 90.2 cm³/mol. The van der Waals surface area contributed by atoms with Gasteiger partial charge in [0.25, 0.3) is 0 Å². The van der Waals surface area contributed by atoms with Crippen LogP contribution in [0.25, 0.3) is 0 Å². The van der Waals surface area contributed by atoms with E-state index in [1.54, 1.807) is 0 Å². The molecular weight excluding hydrogens is 307 g/mol. The van der Waals surface area contributed by atoms with Crippen LogP contribution in [0.3, 0.4) is 0 Å². The number of anilines is 3. The normalized spacial score (nSPS) is 10.6. The Morgan fingerprint density at radius 2 is 1.71 bits per heavy atom. The van der Waals surface area contributed by atoms with Crippen molar-refractivity contribution in [2.24, 2.45) is 0 Å². The summed E-state index contributed by atoms with van der Waals surface area (Å²) in [6, 6.07) is 3.65. The number of hydrogen-bond acceptors (Lipinski definition) is 4. The molecule has 0 saturated carbocycles. The number of nitrogens with one attached hydrogen (secondary N) is 2. The van der Waals surface area contributed by atoms with Crippen molar-refractivity contribution in [3.05, 3.63) is 39.1 Å². The highest BCUT2D eigenvalue weighted by Gasteiger charge is 2.12. The Hall–Kier alpha value is -1.52. The summed E-state index contributed by atoms with van der Waals surface area (Å²) < 4.78 is 0. The summed E-state index contributed by atoms with van der Waals surface area (Å²) in [4.78, 5) is 8.97. The number of halogens is 2. The minimum Gasteiger partial charge on any atom is -0.373 e. The molecule has 0 saturated heterocycles. The molecule has 2 aromatic rings. The van der Waals surface area contributed by atoms with Crippen molar-refractivity contribution in [1.82, 2.24) is 9.97 Å². The lowest BCUT2D eigenvalue weighted by Crippen LogP contribution is -2.07. The second-order valence-corrected chi connectivity index (χ2v) is 5.59. The monoisotopic (exact) mass is 324 g/mol. The molecule has 6 heteroatoms. The molecule has 0 aliphatic rings. The summed E-state index contributed by atoms with van der Waals surface area (Å²) >= 11 is 12.4. The van der Waals surface area contributed by atoms with Crippen molar-refractivity contribution in [2.75, 3.05) is 17.7 Å². The first-order chi connectivity index (χ1) is 9.96. The molecule has 0 amide bonds. The Bertz CT molecular complexity index is 671. The Kier molecular flexibility index (Phi) is 4.91. The average molecular weight is 325 g/mol. The van der Waals surface area contributed by atoms with Gasteiger partial charge in [-0.2, -0.15) is 0 Å². The summed E-state index contributed by atoms with van der Waals surface area (Å²) in [7, 11) is 1.84. The van der Waals surface area contributed by atoms with E-state index in [1.807, 2.05) is 40.0 Å². The molecule has 21 heavy (non-hydrogen) atoms. The Labute approximate surface area is 134 Å². The van der Waals surface area contributed by atoms with Crippen molar-refractivity contribution < 1.29 is 0 Å². The summed E-state index contributed by atoms with van der Waals surface area (Å²) in [5.41, 5.74) is 2.61. The number of hydrogen-bond donors (Lipinski definition) is 2. The van der Waals surface area contributed by atoms with Gasteiger partial charge in [0.1, 0.15) is 17.5 Å².